The first kappa shape index (κ1) is 21.2. The second kappa shape index (κ2) is 7.92. The molecular formula is C23H25F2N3O3. The Kier molecular flexibility index (Phi) is 5.43. The van der Waals surface area contributed by atoms with Crippen LogP contribution in [-0.2, 0) is 21.4 Å². The number of hydrogen-bond acceptors (Lipinski definition) is 4. The smallest absolute Gasteiger partial charge is 0.233 e. The number of rotatable bonds is 4. The summed E-state index contributed by atoms with van der Waals surface area (Å²) in [4.78, 5) is 27.2. The van der Waals surface area contributed by atoms with Crippen LogP contribution >= 0.6 is 0 Å². The molecule has 0 aromatic heterocycles. The molecule has 3 N–H and O–H groups in total. The summed E-state index contributed by atoms with van der Waals surface area (Å²) in [5.74, 6) is -2.62. The van der Waals surface area contributed by atoms with E-state index in [2.05, 4.69) is 22.5 Å². The zero-order valence-corrected chi connectivity index (χ0v) is 17.4. The average molecular weight is 429 g/mol. The van der Waals surface area contributed by atoms with Crippen molar-refractivity contribution >= 4 is 17.5 Å². The number of phenolic OH excluding ortho intramolecular Hbond substituents is 1. The number of carbonyl (C=O) groups excluding carboxylic acids is 2. The molecule has 164 valence electrons. The van der Waals surface area contributed by atoms with Crippen LogP contribution in [0.15, 0.2) is 36.4 Å². The monoisotopic (exact) mass is 429 g/mol. The first-order chi connectivity index (χ1) is 14.7. The number of anilines is 1. The van der Waals surface area contributed by atoms with Gasteiger partial charge in [-0.15, -0.1) is 0 Å². The molecule has 1 aliphatic carbocycles. The fraction of sp³-hybridized carbons (Fsp3) is 0.391. The van der Waals surface area contributed by atoms with Crippen molar-refractivity contribution in [3.8, 4) is 5.75 Å². The number of benzene rings is 2. The highest BCUT2D eigenvalue weighted by molar-refractivity contribution is 6.03. The van der Waals surface area contributed by atoms with E-state index in [1.165, 1.54) is 0 Å². The van der Waals surface area contributed by atoms with Gasteiger partial charge in [-0.2, -0.15) is 0 Å². The quantitative estimate of drug-likeness (QED) is 0.653. The van der Waals surface area contributed by atoms with Gasteiger partial charge >= 0.3 is 0 Å². The number of piperidine rings is 1. The number of fused-ring (bicyclic) bond motifs is 4. The summed E-state index contributed by atoms with van der Waals surface area (Å²) >= 11 is 0. The molecule has 0 saturated carbocycles. The number of halogens is 2. The number of nitrogens with one attached hydrogen (secondary N) is 2. The van der Waals surface area contributed by atoms with Crippen molar-refractivity contribution in [2.75, 3.05) is 18.9 Å². The normalized spacial score (nSPS) is 24.9. The molecule has 0 unspecified atom stereocenters. The highest BCUT2D eigenvalue weighted by Crippen LogP contribution is 2.45. The first-order valence-electron chi connectivity index (χ1n) is 10.2. The molecule has 0 radical (unpaired) electrons. The molecule has 4 rings (SSSR count). The topological polar surface area (TPSA) is 81.7 Å². The van der Waals surface area contributed by atoms with Gasteiger partial charge in [0, 0.05) is 17.5 Å². The van der Waals surface area contributed by atoms with Gasteiger partial charge < -0.3 is 20.6 Å². The predicted molar refractivity (Wildman–Crippen MR) is 112 cm³/mol. The summed E-state index contributed by atoms with van der Waals surface area (Å²) in [6.45, 7) is 2.93. The minimum absolute atomic E-state index is 0.0531. The third kappa shape index (κ3) is 3.99. The highest BCUT2D eigenvalue weighted by atomic mass is 19.1. The van der Waals surface area contributed by atoms with Gasteiger partial charge in [0.05, 0.1) is 11.7 Å². The molecule has 31 heavy (non-hydrogen) atoms. The summed E-state index contributed by atoms with van der Waals surface area (Å²) in [6, 6.07) is 7.99. The number of phenols is 1. The number of likely N-dealkylation sites (tertiary alicyclic amines) is 1. The van der Waals surface area contributed by atoms with Gasteiger partial charge in [0.1, 0.15) is 23.8 Å². The van der Waals surface area contributed by atoms with Crippen LogP contribution in [0, 0.1) is 11.6 Å². The number of amides is 2. The van der Waals surface area contributed by atoms with Gasteiger partial charge in [-0.25, -0.2) is 8.78 Å². The zero-order valence-electron chi connectivity index (χ0n) is 17.4. The maximum Gasteiger partial charge on any atom is 0.233 e. The van der Waals surface area contributed by atoms with Crippen LogP contribution in [0.25, 0.3) is 0 Å². The van der Waals surface area contributed by atoms with Gasteiger partial charge in [-0.05, 0) is 61.8 Å². The molecule has 3 atom stereocenters. The predicted octanol–water partition coefficient (Wildman–Crippen LogP) is 2.70. The van der Waals surface area contributed by atoms with E-state index < -0.39 is 35.3 Å². The Hall–Kier alpha value is -3.00. The van der Waals surface area contributed by atoms with E-state index in [-0.39, 0.29) is 23.5 Å². The summed E-state index contributed by atoms with van der Waals surface area (Å²) in [7, 11) is 2.01. The molecule has 1 aliphatic heterocycles. The van der Waals surface area contributed by atoms with Crippen LogP contribution < -0.4 is 10.6 Å². The average Bonchev–Trinajstić information content (AvgIpc) is 2.70. The molecule has 2 aliphatic rings. The number of hydrogen-bond donors (Lipinski definition) is 3. The second-order valence-electron chi connectivity index (χ2n) is 8.66. The first-order valence-corrected chi connectivity index (χ1v) is 10.2. The van der Waals surface area contributed by atoms with E-state index in [1.807, 2.05) is 13.1 Å². The second-order valence-corrected chi connectivity index (χ2v) is 8.66. The molecule has 8 heteroatoms. The van der Waals surface area contributed by atoms with Crippen molar-refractivity contribution in [2.24, 2.45) is 0 Å². The maximum absolute atomic E-state index is 13.8. The lowest BCUT2D eigenvalue weighted by Crippen LogP contribution is -2.67. The van der Waals surface area contributed by atoms with Gasteiger partial charge in [-0.3, -0.25) is 9.59 Å². The summed E-state index contributed by atoms with van der Waals surface area (Å²) in [5, 5.41) is 15.3. The lowest BCUT2D eigenvalue weighted by atomic mass is 9.61. The van der Waals surface area contributed by atoms with Crippen molar-refractivity contribution in [3.63, 3.8) is 0 Å². The molecule has 1 fully saturated rings. The van der Waals surface area contributed by atoms with E-state index in [1.54, 1.807) is 12.1 Å². The zero-order chi connectivity index (χ0) is 22.3. The number of aromatic hydroxyl groups is 1. The number of carbonyl (C=O) groups is 2. The molecule has 2 aromatic carbocycles. The molecule has 1 heterocycles. The van der Waals surface area contributed by atoms with E-state index in [4.69, 9.17) is 0 Å². The summed E-state index contributed by atoms with van der Waals surface area (Å²) in [6.07, 6.45) is 1.03. The summed E-state index contributed by atoms with van der Waals surface area (Å²) < 4.78 is 26.8. The summed E-state index contributed by atoms with van der Waals surface area (Å²) in [5.41, 5.74) is 1.59. The van der Waals surface area contributed by atoms with Crippen molar-refractivity contribution < 1.29 is 23.5 Å². The Bertz CT molecular complexity index is 1040. The SMILES string of the molecule is CN1CC[C@]2(C)c3cc(O)ccc3C[C@@H]1[C@@H]2NC(=O)CC(=O)Nc1ccc(F)cc1F. The lowest BCUT2D eigenvalue weighted by molar-refractivity contribution is -0.128. The van der Waals surface area contributed by atoms with E-state index >= 15 is 0 Å². The van der Waals surface area contributed by atoms with Gasteiger partial charge in [0.2, 0.25) is 11.8 Å². The number of likely N-dealkylation sites (N-methyl/N-ethyl adjacent to an activating group) is 1. The van der Waals surface area contributed by atoms with Crippen molar-refractivity contribution in [3.05, 3.63) is 59.2 Å². The van der Waals surface area contributed by atoms with Gasteiger partial charge in [0.25, 0.3) is 0 Å². The Balaban J connectivity index is 1.50. The van der Waals surface area contributed by atoms with Crippen LogP contribution in [0.4, 0.5) is 14.5 Å². The van der Waals surface area contributed by atoms with Crippen molar-refractivity contribution in [2.45, 2.75) is 43.7 Å². The lowest BCUT2D eigenvalue weighted by Gasteiger charge is -2.54. The largest absolute Gasteiger partial charge is 0.508 e. The molecule has 0 spiro atoms. The van der Waals surface area contributed by atoms with Crippen LogP contribution in [0.2, 0.25) is 0 Å². The Morgan fingerprint density at radius 3 is 2.71 bits per heavy atom. The number of nitrogens with zero attached hydrogens (tertiary/aromatic N) is 1. The molecule has 2 bridgehead atoms. The Labute approximate surface area is 179 Å². The highest BCUT2D eigenvalue weighted by Gasteiger charge is 2.50. The van der Waals surface area contributed by atoms with E-state index in [0.29, 0.717) is 6.07 Å². The van der Waals surface area contributed by atoms with Crippen LogP contribution in [-0.4, -0.2) is 47.5 Å². The van der Waals surface area contributed by atoms with Crippen LogP contribution in [0.5, 0.6) is 5.75 Å². The minimum atomic E-state index is -0.902. The van der Waals surface area contributed by atoms with Crippen molar-refractivity contribution in [1.82, 2.24) is 10.2 Å². The third-order valence-corrected chi connectivity index (χ3v) is 6.60. The Morgan fingerprint density at radius 2 is 1.97 bits per heavy atom. The third-order valence-electron chi connectivity index (χ3n) is 6.60. The Morgan fingerprint density at radius 1 is 1.19 bits per heavy atom. The fourth-order valence-electron chi connectivity index (χ4n) is 4.90. The molecule has 2 amide bonds. The molecule has 2 aromatic rings. The van der Waals surface area contributed by atoms with Gasteiger partial charge in [0.15, 0.2) is 0 Å². The molecule has 1 saturated heterocycles. The van der Waals surface area contributed by atoms with E-state index in [9.17, 15) is 23.5 Å². The molecule has 6 nitrogen and oxygen atoms in total. The maximum atomic E-state index is 13.8. The van der Waals surface area contributed by atoms with E-state index in [0.717, 1.165) is 42.6 Å². The van der Waals surface area contributed by atoms with Crippen LogP contribution in [0.1, 0.15) is 30.9 Å². The molecular weight excluding hydrogens is 404 g/mol. The minimum Gasteiger partial charge on any atom is -0.508 e. The van der Waals surface area contributed by atoms with Crippen LogP contribution in [0.3, 0.4) is 0 Å². The fourth-order valence-corrected chi connectivity index (χ4v) is 4.90. The standard InChI is InChI=1S/C23H25F2N3O3/c1-23-7-8-28(2)19(9-13-3-5-15(29)11-16(13)23)22(23)27-21(31)12-20(30)26-18-6-4-14(24)10-17(18)25/h3-6,10-11,19,22,29H,7-9,12H2,1-2H3,(H,26,30)(H,27,31)/t19-,22+,23-/m1/s1. The van der Waals surface area contributed by atoms with Crippen molar-refractivity contribution in [1.29, 1.82) is 0 Å². The van der Waals surface area contributed by atoms with Gasteiger partial charge in [-0.1, -0.05) is 13.0 Å².